The van der Waals surface area contributed by atoms with Crippen molar-refractivity contribution in [3.8, 4) is 0 Å². The average Bonchev–Trinajstić information content (AvgIpc) is 2.45. The SMILES string of the molecule is O=C1c2ccccc2C(C(F)(F)F)(C(F)(F)F)c2ccccc21. The molecule has 2 aromatic rings. The Kier molecular flexibility index (Phi) is 3.11. The van der Waals surface area contributed by atoms with Gasteiger partial charge in [-0.25, -0.2) is 0 Å². The van der Waals surface area contributed by atoms with Crippen LogP contribution in [-0.2, 0) is 5.41 Å². The summed E-state index contributed by atoms with van der Waals surface area (Å²) < 4.78 is 82.5. The third kappa shape index (κ3) is 1.85. The molecule has 0 spiro atoms. The number of rotatable bonds is 0. The van der Waals surface area contributed by atoms with Crippen LogP contribution in [0.25, 0.3) is 0 Å². The molecular formula is C16H8F6O. The fraction of sp³-hybridized carbons (Fsp3) is 0.188. The number of fused-ring (bicyclic) bond motifs is 2. The maximum Gasteiger partial charge on any atom is 0.411 e. The average molecular weight is 330 g/mol. The number of benzene rings is 2. The lowest BCUT2D eigenvalue weighted by Gasteiger charge is -2.42. The molecule has 0 bridgehead atoms. The molecule has 0 saturated heterocycles. The van der Waals surface area contributed by atoms with Crippen LogP contribution in [0.5, 0.6) is 0 Å². The summed E-state index contributed by atoms with van der Waals surface area (Å²) in [5, 5.41) is 0. The van der Waals surface area contributed by atoms with Crippen LogP contribution in [-0.4, -0.2) is 18.1 Å². The van der Waals surface area contributed by atoms with E-state index in [4.69, 9.17) is 0 Å². The molecule has 0 aliphatic heterocycles. The topological polar surface area (TPSA) is 17.1 Å². The monoisotopic (exact) mass is 330 g/mol. The highest BCUT2D eigenvalue weighted by molar-refractivity contribution is 6.13. The molecule has 23 heavy (non-hydrogen) atoms. The van der Waals surface area contributed by atoms with Gasteiger partial charge in [0.1, 0.15) is 0 Å². The molecule has 0 unspecified atom stereocenters. The lowest BCUT2D eigenvalue weighted by molar-refractivity contribution is -0.289. The molecule has 0 atom stereocenters. The van der Waals surface area contributed by atoms with Crippen molar-refractivity contribution in [1.29, 1.82) is 0 Å². The van der Waals surface area contributed by atoms with Crippen molar-refractivity contribution in [2.24, 2.45) is 0 Å². The first-order valence-corrected chi connectivity index (χ1v) is 6.49. The largest absolute Gasteiger partial charge is 0.411 e. The van der Waals surface area contributed by atoms with E-state index in [2.05, 4.69) is 0 Å². The molecule has 120 valence electrons. The summed E-state index contributed by atoms with van der Waals surface area (Å²) in [6.45, 7) is 0. The highest BCUT2D eigenvalue weighted by atomic mass is 19.4. The number of carbonyl (C=O) groups excluding carboxylic acids is 1. The van der Waals surface area contributed by atoms with Gasteiger partial charge in [-0.1, -0.05) is 48.5 Å². The Morgan fingerprint density at radius 3 is 1.35 bits per heavy atom. The van der Waals surface area contributed by atoms with E-state index in [-0.39, 0.29) is 0 Å². The molecule has 0 saturated carbocycles. The number of ketones is 1. The molecule has 0 radical (unpaired) electrons. The van der Waals surface area contributed by atoms with Crippen LogP contribution in [0.4, 0.5) is 26.3 Å². The molecular weight excluding hydrogens is 322 g/mol. The Bertz CT molecular complexity index is 722. The summed E-state index contributed by atoms with van der Waals surface area (Å²) in [7, 11) is 0. The molecule has 1 nitrogen and oxygen atoms in total. The van der Waals surface area contributed by atoms with E-state index in [9.17, 15) is 31.1 Å². The van der Waals surface area contributed by atoms with Gasteiger partial charge in [0, 0.05) is 11.1 Å². The highest BCUT2D eigenvalue weighted by Crippen LogP contribution is 2.59. The smallest absolute Gasteiger partial charge is 0.289 e. The van der Waals surface area contributed by atoms with Crippen LogP contribution in [0.3, 0.4) is 0 Å². The molecule has 0 aromatic heterocycles. The Balaban J connectivity index is 2.55. The van der Waals surface area contributed by atoms with Crippen molar-refractivity contribution in [3.05, 3.63) is 70.8 Å². The summed E-state index contributed by atoms with van der Waals surface area (Å²) in [4.78, 5) is 12.3. The lowest BCUT2D eigenvalue weighted by atomic mass is 9.65. The second-order valence-electron chi connectivity index (χ2n) is 5.17. The standard InChI is InChI=1S/C16H8F6O/c17-15(18,19)14(16(20,21)22)11-7-3-1-5-9(11)13(23)10-6-2-4-8-12(10)14/h1-8H. The van der Waals surface area contributed by atoms with Crippen LogP contribution < -0.4 is 0 Å². The Labute approximate surface area is 126 Å². The minimum absolute atomic E-state index is 0.583. The summed E-state index contributed by atoms with van der Waals surface area (Å²) in [5.41, 5.74) is -7.55. The molecule has 1 aliphatic carbocycles. The van der Waals surface area contributed by atoms with Crippen molar-refractivity contribution in [1.82, 2.24) is 0 Å². The first kappa shape index (κ1) is 15.6. The molecule has 0 N–H and O–H groups in total. The van der Waals surface area contributed by atoms with Gasteiger partial charge in [0.2, 0.25) is 5.41 Å². The normalized spacial score (nSPS) is 16.7. The van der Waals surface area contributed by atoms with Gasteiger partial charge in [-0.05, 0) is 11.1 Å². The predicted octanol–water partition coefficient (Wildman–Crippen LogP) is 4.64. The molecule has 2 aromatic carbocycles. The Morgan fingerprint density at radius 2 is 1.00 bits per heavy atom. The van der Waals surface area contributed by atoms with Gasteiger partial charge in [-0.3, -0.25) is 4.79 Å². The first-order valence-electron chi connectivity index (χ1n) is 6.49. The number of alkyl halides is 6. The van der Waals surface area contributed by atoms with Crippen LogP contribution in [0, 0.1) is 0 Å². The van der Waals surface area contributed by atoms with E-state index >= 15 is 0 Å². The summed E-state index contributed by atoms with van der Waals surface area (Å²) in [6.07, 6.45) is -11.3. The number of hydrogen-bond donors (Lipinski definition) is 0. The fourth-order valence-electron chi connectivity index (χ4n) is 3.08. The zero-order valence-corrected chi connectivity index (χ0v) is 11.3. The summed E-state index contributed by atoms with van der Waals surface area (Å²) in [6, 6.07) is 8.00. The van der Waals surface area contributed by atoms with E-state index in [1.165, 1.54) is 12.1 Å². The van der Waals surface area contributed by atoms with Gasteiger partial charge >= 0.3 is 12.4 Å². The van der Waals surface area contributed by atoms with Crippen molar-refractivity contribution < 1.29 is 31.1 Å². The first-order chi connectivity index (χ1) is 10.6. The van der Waals surface area contributed by atoms with Crippen molar-refractivity contribution in [2.45, 2.75) is 17.8 Å². The summed E-state index contributed by atoms with van der Waals surface area (Å²) >= 11 is 0. The zero-order valence-electron chi connectivity index (χ0n) is 11.3. The molecule has 1 aliphatic rings. The Hall–Kier alpha value is -2.31. The van der Waals surface area contributed by atoms with Gasteiger partial charge < -0.3 is 0 Å². The Morgan fingerprint density at radius 1 is 0.652 bits per heavy atom. The lowest BCUT2D eigenvalue weighted by Crippen LogP contribution is -2.57. The van der Waals surface area contributed by atoms with Crippen LogP contribution in [0.1, 0.15) is 27.0 Å². The van der Waals surface area contributed by atoms with E-state index in [1.54, 1.807) is 0 Å². The van der Waals surface area contributed by atoms with E-state index in [0.29, 0.717) is 12.1 Å². The van der Waals surface area contributed by atoms with Crippen molar-refractivity contribution >= 4 is 5.78 Å². The summed E-state index contributed by atoms with van der Waals surface area (Å²) in [5.74, 6) is -0.847. The van der Waals surface area contributed by atoms with E-state index in [1.807, 2.05) is 0 Å². The van der Waals surface area contributed by atoms with Crippen LogP contribution >= 0.6 is 0 Å². The minimum atomic E-state index is -5.65. The number of hydrogen-bond acceptors (Lipinski definition) is 1. The molecule has 3 rings (SSSR count). The predicted molar refractivity (Wildman–Crippen MR) is 69.2 cm³/mol. The second-order valence-corrected chi connectivity index (χ2v) is 5.17. The van der Waals surface area contributed by atoms with Crippen molar-refractivity contribution in [3.63, 3.8) is 0 Å². The molecule has 0 amide bonds. The maximum absolute atomic E-state index is 13.7. The number of halogens is 6. The quantitative estimate of drug-likeness (QED) is 0.643. The molecule has 0 fully saturated rings. The molecule has 7 heteroatoms. The third-order valence-electron chi connectivity index (χ3n) is 4.00. The van der Waals surface area contributed by atoms with Gasteiger partial charge in [-0.2, -0.15) is 26.3 Å². The fourth-order valence-corrected chi connectivity index (χ4v) is 3.08. The van der Waals surface area contributed by atoms with Gasteiger partial charge in [0.05, 0.1) is 0 Å². The van der Waals surface area contributed by atoms with Crippen LogP contribution in [0.15, 0.2) is 48.5 Å². The number of carbonyl (C=O) groups is 1. The van der Waals surface area contributed by atoms with E-state index < -0.39 is 45.8 Å². The van der Waals surface area contributed by atoms with Crippen molar-refractivity contribution in [2.75, 3.05) is 0 Å². The maximum atomic E-state index is 13.7. The van der Waals surface area contributed by atoms with Crippen LogP contribution in [0.2, 0.25) is 0 Å². The van der Waals surface area contributed by atoms with Gasteiger partial charge in [0.15, 0.2) is 5.78 Å². The third-order valence-corrected chi connectivity index (χ3v) is 4.00. The van der Waals surface area contributed by atoms with Gasteiger partial charge in [-0.15, -0.1) is 0 Å². The molecule has 0 heterocycles. The second kappa shape index (κ2) is 4.59. The minimum Gasteiger partial charge on any atom is -0.289 e. The van der Waals surface area contributed by atoms with E-state index in [0.717, 1.165) is 24.3 Å². The van der Waals surface area contributed by atoms with Gasteiger partial charge in [0.25, 0.3) is 0 Å². The highest BCUT2D eigenvalue weighted by Gasteiger charge is 2.74. The zero-order chi connectivity index (χ0) is 17.0.